The summed E-state index contributed by atoms with van der Waals surface area (Å²) in [5.74, 6) is 1.89. The van der Waals surface area contributed by atoms with E-state index in [2.05, 4.69) is 55.5 Å². The van der Waals surface area contributed by atoms with Gasteiger partial charge < -0.3 is 4.57 Å². The molecule has 0 atom stereocenters. The Morgan fingerprint density at radius 3 is 2.67 bits per heavy atom. The summed E-state index contributed by atoms with van der Waals surface area (Å²) in [6.07, 6.45) is 4.57. The summed E-state index contributed by atoms with van der Waals surface area (Å²) in [5.41, 5.74) is 2.36. The molecular weight excluding hydrogens is 264 g/mol. The zero-order chi connectivity index (χ0) is 14.2. The van der Waals surface area contributed by atoms with Crippen LogP contribution in [0.4, 0.5) is 0 Å². The normalized spacial score (nSPS) is 11.7. The Morgan fingerprint density at radius 2 is 1.90 bits per heavy atom. The van der Waals surface area contributed by atoms with Crippen LogP contribution < -0.4 is 0 Å². The van der Waals surface area contributed by atoms with Crippen molar-refractivity contribution in [3.05, 3.63) is 48.5 Å². The number of benzene rings is 1. The third-order valence-electron chi connectivity index (χ3n) is 3.81. The van der Waals surface area contributed by atoms with Crippen LogP contribution in [0.2, 0.25) is 0 Å². The van der Waals surface area contributed by atoms with Crippen molar-refractivity contribution < 1.29 is 0 Å². The van der Waals surface area contributed by atoms with Crippen LogP contribution in [0.1, 0.15) is 12.7 Å². The Morgan fingerprint density at radius 1 is 1.05 bits per heavy atom. The van der Waals surface area contributed by atoms with Gasteiger partial charge in [-0.2, -0.15) is 5.10 Å². The zero-order valence-corrected chi connectivity index (χ0v) is 11.8. The topological polar surface area (TPSA) is 52.9 Å². The van der Waals surface area contributed by atoms with Crippen LogP contribution in [0.5, 0.6) is 0 Å². The minimum Gasteiger partial charge on any atom is -0.309 e. The van der Waals surface area contributed by atoms with E-state index in [0.717, 1.165) is 36.6 Å². The molecule has 0 fully saturated rings. The van der Waals surface area contributed by atoms with Gasteiger partial charge in [-0.1, -0.05) is 12.1 Å². The molecule has 1 aromatic carbocycles. The summed E-state index contributed by atoms with van der Waals surface area (Å²) in [7, 11) is 0. The lowest BCUT2D eigenvalue weighted by Gasteiger charge is -2.00. The molecule has 0 saturated heterocycles. The fourth-order valence-corrected chi connectivity index (χ4v) is 2.84. The SMILES string of the molecule is CCn1c2ccccc2n2c(CCn3cccn3)nnc12. The second kappa shape index (κ2) is 4.73. The van der Waals surface area contributed by atoms with Crippen molar-refractivity contribution in [1.29, 1.82) is 0 Å². The molecule has 0 aliphatic heterocycles. The number of hydrogen-bond donors (Lipinski definition) is 0. The third kappa shape index (κ3) is 1.83. The summed E-state index contributed by atoms with van der Waals surface area (Å²) in [6.45, 7) is 3.82. The lowest BCUT2D eigenvalue weighted by molar-refractivity contribution is 0.599. The second-order valence-electron chi connectivity index (χ2n) is 5.00. The van der Waals surface area contributed by atoms with Crippen LogP contribution >= 0.6 is 0 Å². The van der Waals surface area contributed by atoms with E-state index in [-0.39, 0.29) is 0 Å². The maximum absolute atomic E-state index is 4.37. The number of nitrogens with zero attached hydrogens (tertiary/aromatic N) is 6. The summed E-state index contributed by atoms with van der Waals surface area (Å²) >= 11 is 0. The summed E-state index contributed by atoms with van der Waals surface area (Å²) < 4.78 is 6.27. The van der Waals surface area contributed by atoms with Crippen molar-refractivity contribution in [3.8, 4) is 0 Å². The van der Waals surface area contributed by atoms with E-state index >= 15 is 0 Å². The molecule has 0 radical (unpaired) electrons. The Kier molecular flexibility index (Phi) is 2.73. The highest BCUT2D eigenvalue weighted by atomic mass is 15.3. The summed E-state index contributed by atoms with van der Waals surface area (Å²) in [6, 6.07) is 10.3. The van der Waals surface area contributed by atoms with Gasteiger partial charge in [-0.15, -0.1) is 10.2 Å². The zero-order valence-electron chi connectivity index (χ0n) is 11.8. The third-order valence-corrected chi connectivity index (χ3v) is 3.81. The van der Waals surface area contributed by atoms with Crippen LogP contribution in [0.25, 0.3) is 16.8 Å². The predicted molar refractivity (Wildman–Crippen MR) is 80.1 cm³/mol. The van der Waals surface area contributed by atoms with Crippen LogP contribution in [0.15, 0.2) is 42.7 Å². The lowest BCUT2D eigenvalue weighted by Crippen LogP contribution is -2.04. The van der Waals surface area contributed by atoms with Crippen LogP contribution in [-0.4, -0.2) is 28.9 Å². The average Bonchev–Trinajstić information content (AvgIpc) is 3.21. The van der Waals surface area contributed by atoms with Gasteiger partial charge in [0.15, 0.2) is 0 Å². The van der Waals surface area contributed by atoms with Gasteiger partial charge in [-0.3, -0.25) is 9.08 Å². The fraction of sp³-hybridized carbons (Fsp3) is 0.267. The van der Waals surface area contributed by atoms with Gasteiger partial charge >= 0.3 is 0 Å². The van der Waals surface area contributed by atoms with E-state index in [4.69, 9.17) is 0 Å². The van der Waals surface area contributed by atoms with Gasteiger partial charge in [0, 0.05) is 31.9 Å². The van der Waals surface area contributed by atoms with Gasteiger partial charge in [0.25, 0.3) is 0 Å². The first-order chi connectivity index (χ1) is 10.4. The van der Waals surface area contributed by atoms with Crippen molar-refractivity contribution in [3.63, 3.8) is 0 Å². The highest BCUT2D eigenvalue weighted by Gasteiger charge is 2.15. The average molecular weight is 280 g/mol. The van der Waals surface area contributed by atoms with E-state index in [0.29, 0.717) is 0 Å². The molecule has 106 valence electrons. The minimum absolute atomic E-state index is 0.805. The minimum atomic E-state index is 0.805. The maximum atomic E-state index is 4.37. The molecule has 0 bridgehead atoms. The molecule has 4 aromatic rings. The Hall–Kier alpha value is -2.63. The number of hydrogen-bond acceptors (Lipinski definition) is 3. The standard InChI is InChI=1S/C15H16N6/c1-2-20-12-6-3-4-7-13(12)21-14(17-18-15(20)21)8-11-19-10-5-9-16-19/h3-7,9-10H,2,8,11H2,1H3. The van der Waals surface area contributed by atoms with Crippen molar-refractivity contribution in [2.24, 2.45) is 0 Å². The van der Waals surface area contributed by atoms with E-state index in [9.17, 15) is 0 Å². The predicted octanol–water partition coefficient (Wildman–Crippen LogP) is 2.14. The Balaban J connectivity index is 1.83. The highest BCUT2D eigenvalue weighted by molar-refractivity contribution is 5.80. The van der Waals surface area contributed by atoms with Crippen molar-refractivity contribution in [2.75, 3.05) is 0 Å². The number of fused-ring (bicyclic) bond motifs is 3. The lowest BCUT2D eigenvalue weighted by atomic mass is 10.3. The molecule has 0 N–H and O–H groups in total. The first kappa shape index (κ1) is 12.1. The molecule has 6 heteroatoms. The van der Waals surface area contributed by atoms with Crippen LogP contribution in [0.3, 0.4) is 0 Å². The number of para-hydroxylation sites is 2. The van der Waals surface area contributed by atoms with E-state index in [1.54, 1.807) is 6.20 Å². The molecule has 0 saturated carbocycles. The molecule has 0 aliphatic rings. The van der Waals surface area contributed by atoms with E-state index in [1.807, 2.05) is 16.9 Å². The van der Waals surface area contributed by atoms with Gasteiger partial charge in [0.2, 0.25) is 5.78 Å². The van der Waals surface area contributed by atoms with Crippen molar-refractivity contribution >= 4 is 16.8 Å². The molecule has 3 heterocycles. The Bertz CT molecular complexity index is 884. The summed E-state index contributed by atoms with van der Waals surface area (Å²) in [5, 5.41) is 13.0. The second-order valence-corrected chi connectivity index (χ2v) is 5.00. The largest absolute Gasteiger partial charge is 0.309 e. The number of aryl methyl sites for hydroxylation is 3. The monoisotopic (exact) mass is 280 g/mol. The molecule has 3 aromatic heterocycles. The molecule has 0 spiro atoms. The summed E-state index contributed by atoms with van der Waals surface area (Å²) in [4.78, 5) is 0. The van der Waals surface area contributed by atoms with Crippen molar-refractivity contribution in [1.82, 2.24) is 28.9 Å². The smallest absolute Gasteiger partial charge is 0.236 e. The molecule has 6 nitrogen and oxygen atoms in total. The fourth-order valence-electron chi connectivity index (χ4n) is 2.84. The van der Waals surface area contributed by atoms with Gasteiger partial charge in [0.1, 0.15) is 5.82 Å². The van der Waals surface area contributed by atoms with Gasteiger partial charge in [0.05, 0.1) is 11.0 Å². The van der Waals surface area contributed by atoms with E-state index < -0.39 is 0 Å². The molecular formula is C15H16N6. The number of aromatic nitrogens is 6. The molecule has 0 unspecified atom stereocenters. The van der Waals surface area contributed by atoms with Gasteiger partial charge in [-0.05, 0) is 25.1 Å². The Labute approximate surface area is 121 Å². The van der Waals surface area contributed by atoms with Crippen LogP contribution in [0, 0.1) is 0 Å². The maximum Gasteiger partial charge on any atom is 0.236 e. The quantitative estimate of drug-likeness (QED) is 0.575. The molecule has 0 aliphatic carbocycles. The molecule has 0 amide bonds. The number of rotatable bonds is 4. The first-order valence-corrected chi connectivity index (χ1v) is 7.17. The molecule has 21 heavy (non-hydrogen) atoms. The van der Waals surface area contributed by atoms with Gasteiger partial charge in [-0.25, -0.2) is 0 Å². The van der Waals surface area contributed by atoms with Crippen molar-refractivity contribution in [2.45, 2.75) is 26.4 Å². The molecule has 4 rings (SSSR count). The first-order valence-electron chi connectivity index (χ1n) is 7.17. The van der Waals surface area contributed by atoms with Crippen LogP contribution in [-0.2, 0) is 19.5 Å². The van der Waals surface area contributed by atoms with E-state index in [1.165, 1.54) is 5.52 Å². The highest BCUT2D eigenvalue weighted by Crippen LogP contribution is 2.21. The number of imidazole rings is 1.